The SMILES string of the molecule is Cc1nn(C(C)C)cc1-c1csc2c(N=O)nc(C3=CCCC=N3)nc12. The van der Waals surface area contributed by atoms with Crippen LogP contribution in [0, 0.1) is 11.8 Å². The number of thiophene rings is 1. The Bertz CT molecular complexity index is 1060. The van der Waals surface area contributed by atoms with Crippen molar-refractivity contribution in [1.29, 1.82) is 0 Å². The third kappa shape index (κ3) is 2.76. The third-order valence-corrected chi connectivity index (χ3v) is 5.28. The summed E-state index contributed by atoms with van der Waals surface area (Å²) in [5.41, 5.74) is 4.29. The van der Waals surface area contributed by atoms with E-state index in [0.717, 1.165) is 35.2 Å². The fraction of sp³-hybridized carbons (Fsp3) is 0.333. The summed E-state index contributed by atoms with van der Waals surface area (Å²) >= 11 is 1.43. The van der Waals surface area contributed by atoms with Crippen LogP contribution in [-0.2, 0) is 0 Å². The molecule has 0 saturated carbocycles. The number of rotatable bonds is 4. The highest BCUT2D eigenvalue weighted by molar-refractivity contribution is 7.18. The molecule has 1 aliphatic rings. The average Bonchev–Trinajstić information content (AvgIpc) is 3.25. The Balaban J connectivity index is 1.93. The van der Waals surface area contributed by atoms with Crippen LogP contribution in [0.2, 0.25) is 0 Å². The molecule has 0 amide bonds. The summed E-state index contributed by atoms with van der Waals surface area (Å²) in [6.45, 7) is 6.15. The zero-order valence-electron chi connectivity index (χ0n) is 14.8. The highest BCUT2D eigenvalue weighted by Crippen LogP contribution is 2.39. The van der Waals surface area contributed by atoms with Crippen LogP contribution in [0.5, 0.6) is 0 Å². The number of hydrogen-bond donors (Lipinski definition) is 0. The largest absolute Gasteiger partial charge is 0.269 e. The van der Waals surface area contributed by atoms with Crippen LogP contribution in [0.3, 0.4) is 0 Å². The Morgan fingerprint density at radius 2 is 2.08 bits per heavy atom. The molecule has 0 radical (unpaired) electrons. The van der Waals surface area contributed by atoms with Crippen LogP contribution in [0.25, 0.3) is 27.0 Å². The highest BCUT2D eigenvalue weighted by Gasteiger charge is 2.20. The first-order valence-corrected chi connectivity index (χ1v) is 9.38. The van der Waals surface area contributed by atoms with Gasteiger partial charge in [-0.15, -0.1) is 16.2 Å². The quantitative estimate of drug-likeness (QED) is 0.605. The minimum absolute atomic E-state index is 0.164. The molecule has 0 unspecified atom stereocenters. The molecule has 8 heteroatoms. The van der Waals surface area contributed by atoms with Crippen molar-refractivity contribution in [3.05, 3.63) is 34.1 Å². The minimum atomic E-state index is 0.164. The molecular weight excluding hydrogens is 348 g/mol. The molecule has 0 spiro atoms. The smallest absolute Gasteiger partial charge is 0.218 e. The van der Waals surface area contributed by atoms with Gasteiger partial charge in [0.25, 0.3) is 0 Å². The van der Waals surface area contributed by atoms with Crippen LogP contribution >= 0.6 is 11.3 Å². The molecule has 3 aromatic heterocycles. The third-order valence-electron chi connectivity index (χ3n) is 4.31. The minimum Gasteiger partial charge on any atom is -0.269 e. The predicted octanol–water partition coefficient (Wildman–Crippen LogP) is 5.05. The van der Waals surface area contributed by atoms with E-state index in [1.54, 1.807) is 0 Å². The van der Waals surface area contributed by atoms with Gasteiger partial charge in [0.1, 0.15) is 10.4 Å². The van der Waals surface area contributed by atoms with Crippen molar-refractivity contribution in [2.45, 2.75) is 39.7 Å². The lowest BCUT2D eigenvalue weighted by atomic mass is 10.1. The monoisotopic (exact) mass is 366 g/mol. The van der Waals surface area contributed by atoms with Gasteiger partial charge in [-0.3, -0.25) is 9.67 Å². The van der Waals surface area contributed by atoms with E-state index < -0.39 is 0 Å². The molecule has 7 nitrogen and oxygen atoms in total. The van der Waals surface area contributed by atoms with Gasteiger partial charge in [-0.1, -0.05) is 6.08 Å². The van der Waals surface area contributed by atoms with Crippen molar-refractivity contribution < 1.29 is 0 Å². The molecule has 4 rings (SSSR count). The van der Waals surface area contributed by atoms with Crippen molar-refractivity contribution >= 4 is 39.3 Å². The number of aryl methyl sites for hydroxylation is 1. The van der Waals surface area contributed by atoms with E-state index in [4.69, 9.17) is 4.98 Å². The van der Waals surface area contributed by atoms with E-state index in [1.807, 2.05) is 35.5 Å². The maximum atomic E-state index is 11.4. The van der Waals surface area contributed by atoms with Gasteiger partial charge in [0.05, 0.1) is 11.2 Å². The second-order valence-corrected chi connectivity index (χ2v) is 7.35. The first-order valence-electron chi connectivity index (χ1n) is 8.50. The van der Waals surface area contributed by atoms with Crippen molar-refractivity contribution in [3.8, 4) is 11.1 Å². The molecule has 0 atom stereocenters. The maximum absolute atomic E-state index is 11.4. The predicted molar refractivity (Wildman–Crippen MR) is 105 cm³/mol. The normalized spacial score (nSPS) is 14.2. The number of allylic oxidation sites excluding steroid dienone is 1. The zero-order chi connectivity index (χ0) is 18.3. The summed E-state index contributed by atoms with van der Waals surface area (Å²) in [6, 6.07) is 0.270. The fourth-order valence-electron chi connectivity index (χ4n) is 2.94. The Kier molecular flexibility index (Phi) is 4.20. The molecule has 132 valence electrons. The lowest BCUT2D eigenvalue weighted by Crippen LogP contribution is -2.00. The number of nitrogens with zero attached hydrogens (tertiary/aromatic N) is 6. The molecule has 0 fully saturated rings. The molecule has 26 heavy (non-hydrogen) atoms. The van der Waals surface area contributed by atoms with Crippen LogP contribution in [0.1, 0.15) is 44.2 Å². The van der Waals surface area contributed by atoms with E-state index in [2.05, 4.69) is 34.1 Å². The molecular formula is C18H18N6OS. The van der Waals surface area contributed by atoms with E-state index in [9.17, 15) is 4.91 Å². The first-order chi connectivity index (χ1) is 12.6. The zero-order valence-corrected chi connectivity index (χ0v) is 15.6. The summed E-state index contributed by atoms with van der Waals surface area (Å²) in [4.78, 5) is 24.8. The van der Waals surface area contributed by atoms with Gasteiger partial charge >= 0.3 is 0 Å². The molecule has 1 aliphatic heterocycles. The summed E-state index contributed by atoms with van der Waals surface area (Å²) in [5.74, 6) is 0.605. The van der Waals surface area contributed by atoms with Crippen molar-refractivity contribution in [1.82, 2.24) is 19.7 Å². The molecule has 0 aliphatic carbocycles. The van der Waals surface area contributed by atoms with Crippen LogP contribution < -0.4 is 0 Å². The molecule has 0 saturated heterocycles. The van der Waals surface area contributed by atoms with Crippen LogP contribution in [0.15, 0.2) is 27.8 Å². The molecule has 0 aromatic carbocycles. The number of aromatic nitrogens is 4. The van der Waals surface area contributed by atoms with Gasteiger partial charge in [-0.05, 0) is 38.8 Å². The molecule has 0 bridgehead atoms. The van der Waals surface area contributed by atoms with E-state index in [0.29, 0.717) is 16.2 Å². The number of fused-ring (bicyclic) bond motifs is 1. The summed E-state index contributed by atoms with van der Waals surface area (Å²) in [6.07, 6.45) is 7.66. The maximum Gasteiger partial charge on any atom is 0.218 e. The lowest BCUT2D eigenvalue weighted by molar-refractivity contribution is 0.529. The summed E-state index contributed by atoms with van der Waals surface area (Å²) < 4.78 is 2.62. The topological polar surface area (TPSA) is 85.4 Å². The fourth-order valence-corrected chi connectivity index (χ4v) is 3.87. The van der Waals surface area contributed by atoms with Gasteiger partial charge in [0.15, 0.2) is 5.82 Å². The second kappa shape index (κ2) is 6.53. The second-order valence-electron chi connectivity index (χ2n) is 6.47. The Morgan fingerprint density at radius 3 is 2.73 bits per heavy atom. The van der Waals surface area contributed by atoms with Crippen molar-refractivity contribution in [2.75, 3.05) is 0 Å². The molecule has 3 aromatic rings. The Morgan fingerprint density at radius 1 is 1.23 bits per heavy atom. The highest BCUT2D eigenvalue weighted by atomic mass is 32.1. The van der Waals surface area contributed by atoms with Gasteiger partial charge in [-0.2, -0.15) is 5.10 Å². The van der Waals surface area contributed by atoms with E-state index >= 15 is 0 Å². The first kappa shape index (κ1) is 16.7. The van der Waals surface area contributed by atoms with E-state index in [-0.39, 0.29) is 11.9 Å². The lowest BCUT2D eigenvalue weighted by Gasteiger charge is -2.06. The molecule has 0 N–H and O–H groups in total. The Hall–Kier alpha value is -2.74. The summed E-state index contributed by atoms with van der Waals surface area (Å²) in [7, 11) is 0. The van der Waals surface area contributed by atoms with Crippen molar-refractivity contribution in [2.24, 2.45) is 10.2 Å². The van der Waals surface area contributed by atoms with Gasteiger partial charge in [0, 0.05) is 35.0 Å². The average molecular weight is 366 g/mol. The van der Waals surface area contributed by atoms with Crippen LogP contribution in [-0.4, -0.2) is 26.0 Å². The standard InChI is InChI=1S/C18H18N6OS/c1-10(2)24-8-12(11(3)22-24)13-9-26-16-15(13)20-17(21-18(16)23-25)14-6-4-5-7-19-14/h6-10H,4-5H2,1-3H3. The number of hydrogen-bond acceptors (Lipinski definition) is 7. The van der Waals surface area contributed by atoms with Gasteiger partial charge in [0.2, 0.25) is 5.82 Å². The van der Waals surface area contributed by atoms with Gasteiger partial charge in [-0.25, -0.2) is 9.97 Å². The van der Waals surface area contributed by atoms with E-state index in [1.165, 1.54) is 11.3 Å². The number of nitroso groups, excluding NO2 is 1. The molecule has 4 heterocycles. The van der Waals surface area contributed by atoms with Crippen LogP contribution in [0.4, 0.5) is 5.82 Å². The Labute approximate surface area is 154 Å². The summed E-state index contributed by atoms with van der Waals surface area (Å²) in [5, 5.41) is 9.70. The number of aliphatic imine (C=N–C) groups is 1. The van der Waals surface area contributed by atoms with Crippen molar-refractivity contribution in [3.63, 3.8) is 0 Å². The van der Waals surface area contributed by atoms with Gasteiger partial charge < -0.3 is 0 Å².